The van der Waals surface area contributed by atoms with E-state index in [1.54, 1.807) is 0 Å². The van der Waals surface area contributed by atoms with Crippen molar-refractivity contribution in [3.05, 3.63) is 35.4 Å². The average molecular weight is 369 g/mol. The topological polar surface area (TPSA) is 32.3 Å². The molecule has 0 radical (unpaired) electrons. The maximum atomic E-state index is 13.0. The molecule has 2 heterocycles. The molecule has 2 saturated heterocycles. The molecule has 2 fully saturated rings. The number of likely N-dealkylation sites (tertiary alicyclic amines) is 1. The van der Waals surface area contributed by atoms with E-state index in [2.05, 4.69) is 41.4 Å². The van der Waals surface area contributed by atoms with Gasteiger partial charge in [0, 0.05) is 37.1 Å². The Bertz CT molecular complexity index is 534. The van der Waals surface area contributed by atoms with Crippen LogP contribution in [0.15, 0.2) is 24.3 Å². The maximum absolute atomic E-state index is 13.0. The van der Waals surface area contributed by atoms with E-state index < -0.39 is 0 Å². The van der Waals surface area contributed by atoms with Gasteiger partial charge >= 0.3 is 0 Å². The second kappa shape index (κ2) is 9.69. The van der Waals surface area contributed by atoms with Gasteiger partial charge in [-0.3, -0.25) is 4.79 Å². The van der Waals surface area contributed by atoms with Gasteiger partial charge in [-0.2, -0.15) is 11.8 Å². The van der Waals surface area contributed by atoms with Crippen molar-refractivity contribution in [3.8, 4) is 0 Å². The number of amides is 1. The van der Waals surface area contributed by atoms with Crippen molar-refractivity contribution >= 4 is 30.1 Å². The summed E-state index contributed by atoms with van der Waals surface area (Å²) in [5.41, 5.74) is 2.59. The highest BCUT2D eigenvalue weighted by atomic mass is 35.5. The molecule has 5 heteroatoms. The summed E-state index contributed by atoms with van der Waals surface area (Å²) in [4.78, 5) is 15.1. The van der Waals surface area contributed by atoms with Gasteiger partial charge in [0.2, 0.25) is 5.91 Å². The lowest BCUT2D eigenvalue weighted by Gasteiger charge is -2.33. The molecule has 0 bridgehead atoms. The number of carbonyl (C=O) groups excluding carboxylic acids is 1. The van der Waals surface area contributed by atoms with Crippen LogP contribution in [0.5, 0.6) is 0 Å². The highest BCUT2D eigenvalue weighted by Crippen LogP contribution is 2.31. The number of carbonyl (C=O) groups is 1. The Morgan fingerprint density at radius 1 is 1.33 bits per heavy atom. The van der Waals surface area contributed by atoms with Crippen LogP contribution in [0, 0.1) is 6.92 Å². The minimum atomic E-state index is 0. The van der Waals surface area contributed by atoms with Crippen molar-refractivity contribution in [1.82, 2.24) is 10.2 Å². The van der Waals surface area contributed by atoms with Gasteiger partial charge in [0.15, 0.2) is 0 Å². The van der Waals surface area contributed by atoms with E-state index in [-0.39, 0.29) is 18.4 Å². The minimum absolute atomic E-state index is 0. The first-order chi connectivity index (χ1) is 11.2. The monoisotopic (exact) mass is 368 g/mol. The summed E-state index contributed by atoms with van der Waals surface area (Å²) in [5, 5.41) is 3.50. The summed E-state index contributed by atoms with van der Waals surface area (Å²) in [6.07, 6.45) is 5.35. The van der Waals surface area contributed by atoms with Gasteiger partial charge in [-0.1, -0.05) is 42.7 Å². The van der Waals surface area contributed by atoms with Gasteiger partial charge in [0.25, 0.3) is 0 Å². The van der Waals surface area contributed by atoms with Gasteiger partial charge < -0.3 is 10.2 Å². The van der Waals surface area contributed by atoms with Crippen LogP contribution in [-0.2, 0) is 4.79 Å². The Kier molecular flexibility index (Phi) is 7.92. The molecule has 3 rings (SSSR count). The molecule has 24 heavy (non-hydrogen) atoms. The van der Waals surface area contributed by atoms with Crippen LogP contribution in [0.4, 0.5) is 0 Å². The summed E-state index contributed by atoms with van der Waals surface area (Å²) >= 11 is 1.96. The van der Waals surface area contributed by atoms with Crippen LogP contribution >= 0.6 is 24.2 Å². The number of halogens is 1. The molecule has 2 unspecified atom stereocenters. The summed E-state index contributed by atoms with van der Waals surface area (Å²) in [5.74, 6) is 2.56. The first-order valence-corrected chi connectivity index (χ1v) is 10.1. The van der Waals surface area contributed by atoms with Crippen LogP contribution in [0.1, 0.15) is 49.3 Å². The molecule has 2 aliphatic heterocycles. The molecule has 2 aliphatic rings. The number of nitrogens with one attached hydrogen (secondary N) is 1. The summed E-state index contributed by atoms with van der Waals surface area (Å²) in [7, 11) is 0. The van der Waals surface area contributed by atoms with Gasteiger partial charge in [0.1, 0.15) is 0 Å². The Balaban J connectivity index is 0.00000208. The van der Waals surface area contributed by atoms with Gasteiger partial charge in [-0.15, -0.1) is 12.4 Å². The lowest BCUT2D eigenvalue weighted by Crippen LogP contribution is -2.43. The number of nitrogens with zero attached hydrogens (tertiary/aromatic N) is 1. The molecule has 0 aromatic heterocycles. The second-order valence-electron chi connectivity index (χ2n) is 6.80. The SMILES string of the molecule is Cc1cccc(C2CCCCCN2C(=O)CC2CSCCN2)c1.Cl. The van der Waals surface area contributed by atoms with Crippen molar-refractivity contribution in [1.29, 1.82) is 0 Å². The van der Waals surface area contributed by atoms with E-state index in [1.165, 1.54) is 29.7 Å². The summed E-state index contributed by atoms with van der Waals surface area (Å²) < 4.78 is 0. The van der Waals surface area contributed by atoms with Crippen molar-refractivity contribution < 1.29 is 4.79 Å². The summed E-state index contributed by atoms with van der Waals surface area (Å²) in [6.45, 7) is 4.08. The lowest BCUT2D eigenvalue weighted by atomic mass is 9.98. The third-order valence-electron chi connectivity index (χ3n) is 4.92. The van der Waals surface area contributed by atoms with E-state index in [0.29, 0.717) is 18.4 Å². The quantitative estimate of drug-likeness (QED) is 0.876. The van der Waals surface area contributed by atoms with Crippen molar-refractivity contribution in [2.75, 3.05) is 24.6 Å². The molecule has 1 aromatic carbocycles. The number of benzene rings is 1. The molecular formula is C19H29ClN2OS. The number of hydrogen-bond acceptors (Lipinski definition) is 3. The van der Waals surface area contributed by atoms with Gasteiger partial charge in [-0.05, 0) is 25.3 Å². The Morgan fingerprint density at radius 3 is 2.96 bits per heavy atom. The van der Waals surface area contributed by atoms with Crippen molar-refractivity contribution in [3.63, 3.8) is 0 Å². The molecule has 3 nitrogen and oxygen atoms in total. The molecule has 1 aromatic rings. The first-order valence-electron chi connectivity index (χ1n) is 8.91. The van der Waals surface area contributed by atoms with Crippen LogP contribution in [0.25, 0.3) is 0 Å². The third-order valence-corrected chi connectivity index (χ3v) is 6.05. The molecule has 1 N–H and O–H groups in total. The predicted molar refractivity (Wildman–Crippen MR) is 105 cm³/mol. The highest BCUT2D eigenvalue weighted by molar-refractivity contribution is 7.99. The fourth-order valence-corrected chi connectivity index (χ4v) is 4.66. The Labute approximate surface area is 156 Å². The van der Waals surface area contributed by atoms with Crippen LogP contribution in [0.3, 0.4) is 0 Å². The second-order valence-corrected chi connectivity index (χ2v) is 7.95. The predicted octanol–water partition coefficient (Wildman–Crippen LogP) is 3.96. The largest absolute Gasteiger partial charge is 0.336 e. The average Bonchev–Trinajstić information content (AvgIpc) is 2.82. The van der Waals surface area contributed by atoms with Crippen LogP contribution in [0.2, 0.25) is 0 Å². The molecule has 1 amide bonds. The fourth-order valence-electron chi connectivity index (χ4n) is 3.71. The number of rotatable bonds is 3. The number of thioether (sulfide) groups is 1. The third kappa shape index (κ3) is 5.14. The Morgan fingerprint density at radius 2 is 2.21 bits per heavy atom. The molecule has 0 spiro atoms. The zero-order valence-electron chi connectivity index (χ0n) is 14.5. The van der Waals surface area contributed by atoms with E-state index in [1.807, 2.05) is 11.8 Å². The zero-order valence-corrected chi connectivity index (χ0v) is 16.1. The normalized spacial score (nSPS) is 24.8. The van der Waals surface area contributed by atoms with Crippen LogP contribution < -0.4 is 5.32 Å². The molecule has 0 saturated carbocycles. The fraction of sp³-hybridized carbons (Fsp3) is 0.632. The van der Waals surface area contributed by atoms with Crippen LogP contribution in [-0.4, -0.2) is 41.4 Å². The minimum Gasteiger partial charge on any atom is -0.336 e. The first kappa shape index (κ1) is 19.6. The molecule has 2 atom stereocenters. The zero-order chi connectivity index (χ0) is 16.1. The van der Waals surface area contributed by atoms with Crippen molar-refractivity contribution in [2.45, 2.75) is 51.1 Å². The molecule has 0 aliphatic carbocycles. The maximum Gasteiger partial charge on any atom is 0.224 e. The number of aryl methyl sites for hydroxylation is 1. The molecular weight excluding hydrogens is 340 g/mol. The van der Waals surface area contributed by atoms with E-state index >= 15 is 0 Å². The van der Waals surface area contributed by atoms with E-state index in [4.69, 9.17) is 0 Å². The highest BCUT2D eigenvalue weighted by Gasteiger charge is 2.28. The Hall–Kier alpha value is -0.710. The lowest BCUT2D eigenvalue weighted by molar-refractivity contribution is -0.134. The number of hydrogen-bond donors (Lipinski definition) is 1. The standard InChI is InChI=1S/C19H28N2OS.ClH/c1-15-6-5-7-16(12-15)18-8-3-2-4-10-21(18)19(22)13-17-14-23-11-9-20-17;/h5-7,12,17-18,20H,2-4,8-11,13-14H2,1H3;1H. The molecule has 134 valence electrons. The smallest absolute Gasteiger partial charge is 0.224 e. The van der Waals surface area contributed by atoms with Gasteiger partial charge in [-0.25, -0.2) is 0 Å². The summed E-state index contributed by atoms with van der Waals surface area (Å²) in [6, 6.07) is 9.32. The van der Waals surface area contributed by atoms with E-state index in [9.17, 15) is 4.79 Å². The van der Waals surface area contributed by atoms with E-state index in [0.717, 1.165) is 31.7 Å². The van der Waals surface area contributed by atoms with Crippen molar-refractivity contribution in [2.24, 2.45) is 0 Å². The van der Waals surface area contributed by atoms with Gasteiger partial charge in [0.05, 0.1) is 6.04 Å².